The average Bonchev–Trinajstić information content (AvgIpc) is 2.85. The standard InChI is InChI=1S/C27H45N3O7/c1-19(2)10-15-37-25-17-30(20(3)31)13-12-29(11-4-5-14-36-18-24(33)26(25)34)27(35)23(28)16-21-6-8-22(32)9-7-21/h6-9,19,23-26,32-34H,4-5,10-18,28H2,1-3H3/t23-,24+,25+,26+/m0/s1. The number of aromatic hydroxyl groups is 1. The van der Waals surface area contributed by atoms with E-state index < -0.39 is 24.4 Å². The molecule has 1 heterocycles. The zero-order valence-electron chi connectivity index (χ0n) is 22.4. The maximum absolute atomic E-state index is 13.3. The molecule has 0 bridgehead atoms. The first kappa shape index (κ1) is 31.0. The molecule has 10 nitrogen and oxygen atoms in total. The van der Waals surface area contributed by atoms with Gasteiger partial charge in [0, 0.05) is 46.3 Å². The summed E-state index contributed by atoms with van der Waals surface area (Å²) >= 11 is 0. The van der Waals surface area contributed by atoms with Crippen molar-refractivity contribution in [3.8, 4) is 5.75 Å². The molecule has 5 N–H and O–H groups in total. The van der Waals surface area contributed by atoms with E-state index in [0.717, 1.165) is 12.0 Å². The molecule has 1 saturated heterocycles. The Bertz CT molecular complexity index is 821. The van der Waals surface area contributed by atoms with Gasteiger partial charge in [-0.2, -0.15) is 0 Å². The van der Waals surface area contributed by atoms with Crippen molar-refractivity contribution in [2.24, 2.45) is 11.7 Å². The van der Waals surface area contributed by atoms with E-state index in [9.17, 15) is 24.9 Å². The highest BCUT2D eigenvalue weighted by Gasteiger charge is 2.31. The molecule has 0 saturated carbocycles. The minimum Gasteiger partial charge on any atom is -0.508 e. The lowest BCUT2D eigenvalue weighted by atomic mass is 10.0. The van der Waals surface area contributed by atoms with Crippen molar-refractivity contribution >= 4 is 11.8 Å². The van der Waals surface area contributed by atoms with Gasteiger partial charge in [-0.1, -0.05) is 26.0 Å². The fourth-order valence-electron chi connectivity index (χ4n) is 4.15. The van der Waals surface area contributed by atoms with E-state index in [-0.39, 0.29) is 43.8 Å². The smallest absolute Gasteiger partial charge is 0.239 e. The second-order valence-corrected chi connectivity index (χ2v) is 10.2. The van der Waals surface area contributed by atoms with Crippen LogP contribution in [0.25, 0.3) is 0 Å². The Labute approximate surface area is 220 Å². The molecule has 0 aliphatic carbocycles. The topological polar surface area (TPSA) is 146 Å². The number of carbonyl (C=O) groups excluding carboxylic acids is 2. The van der Waals surface area contributed by atoms with Crippen molar-refractivity contribution < 1.29 is 34.4 Å². The van der Waals surface area contributed by atoms with Crippen LogP contribution in [0.2, 0.25) is 0 Å². The first-order valence-electron chi connectivity index (χ1n) is 13.2. The van der Waals surface area contributed by atoms with Gasteiger partial charge in [-0.05, 0) is 49.3 Å². The Kier molecular flexibility index (Phi) is 13.3. The van der Waals surface area contributed by atoms with E-state index in [1.165, 1.54) is 11.8 Å². The molecule has 1 aliphatic rings. The Morgan fingerprint density at radius 3 is 2.43 bits per heavy atom. The van der Waals surface area contributed by atoms with Gasteiger partial charge in [-0.3, -0.25) is 9.59 Å². The monoisotopic (exact) mass is 523 g/mol. The van der Waals surface area contributed by atoms with Crippen molar-refractivity contribution in [2.75, 3.05) is 46.0 Å². The maximum Gasteiger partial charge on any atom is 0.239 e. The number of ether oxygens (including phenoxy) is 2. The minimum absolute atomic E-state index is 0.0502. The molecule has 1 aliphatic heterocycles. The molecule has 210 valence electrons. The fourth-order valence-corrected chi connectivity index (χ4v) is 4.15. The van der Waals surface area contributed by atoms with Crippen LogP contribution in [0, 0.1) is 5.92 Å². The Morgan fingerprint density at radius 1 is 1.11 bits per heavy atom. The molecule has 4 atom stereocenters. The number of rotatable bonds is 7. The molecule has 0 aromatic heterocycles. The lowest BCUT2D eigenvalue weighted by Crippen LogP contribution is -2.52. The summed E-state index contributed by atoms with van der Waals surface area (Å²) in [5.74, 6) is 0.111. The van der Waals surface area contributed by atoms with Crippen LogP contribution < -0.4 is 5.73 Å². The van der Waals surface area contributed by atoms with Gasteiger partial charge in [0.2, 0.25) is 11.8 Å². The van der Waals surface area contributed by atoms with Gasteiger partial charge < -0.3 is 40.3 Å². The van der Waals surface area contributed by atoms with Gasteiger partial charge in [-0.25, -0.2) is 0 Å². The lowest BCUT2D eigenvalue weighted by molar-refractivity contribution is -0.142. The van der Waals surface area contributed by atoms with Gasteiger partial charge in [-0.15, -0.1) is 0 Å². The largest absolute Gasteiger partial charge is 0.508 e. The van der Waals surface area contributed by atoms with Crippen LogP contribution in [0.3, 0.4) is 0 Å². The van der Waals surface area contributed by atoms with E-state index in [2.05, 4.69) is 13.8 Å². The van der Waals surface area contributed by atoms with Crippen molar-refractivity contribution in [1.82, 2.24) is 9.80 Å². The summed E-state index contributed by atoms with van der Waals surface area (Å²) in [7, 11) is 0. The summed E-state index contributed by atoms with van der Waals surface area (Å²) in [6.45, 7) is 7.33. The quantitative estimate of drug-likeness (QED) is 0.412. The van der Waals surface area contributed by atoms with Crippen LogP contribution in [0.1, 0.15) is 45.6 Å². The van der Waals surface area contributed by atoms with Crippen LogP contribution >= 0.6 is 0 Å². The number of nitrogens with two attached hydrogens (primary N) is 1. The van der Waals surface area contributed by atoms with Crippen LogP contribution in [-0.4, -0.2) is 107 Å². The number of carbonyl (C=O) groups is 2. The number of benzene rings is 1. The second kappa shape index (κ2) is 15.9. The number of aliphatic hydroxyl groups excluding tert-OH is 2. The second-order valence-electron chi connectivity index (χ2n) is 10.2. The number of hydrogen-bond donors (Lipinski definition) is 4. The normalized spacial score (nSPS) is 23.5. The highest BCUT2D eigenvalue weighted by molar-refractivity contribution is 5.82. The summed E-state index contributed by atoms with van der Waals surface area (Å²) in [5.41, 5.74) is 7.11. The van der Waals surface area contributed by atoms with E-state index in [4.69, 9.17) is 15.2 Å². The summed E-state index contributed by atoms with van der Waals surface area (Å²) in [6.07, 6.45) is -0.750. The third kappa shape index (κ3) is 11.0. The molecule has 0 radical (unpaired) electrons. The molecular weight excluding hydrogens is 478 g/mol. The maximum atomic E-state index is 13.3. The molecule has 0 spiro atoms. The molecule has 1 aromatic rings. The first-order valence-corrected chi connectivity index (χ1v) is 13.2. The predicted octanol–water partition coefficient (Wildman–Crippen LogP) is 0.903. The third-order valence-electron chi connectivity index (χ3n) is 6.56. The molecule has 37 heavy (non-hydrogen) atoms. The SMILES string of the molecule is CC(=O)N1CCN(C(=O)[C@@H](N)Cc2ccc(O)cc2)CCCCOC[C@@H](O)[C@@H](O)[C@H](OCCC(C)C)C1. The van der Waals surface area contributed by atoms with Crippen molar-refractivity contribution in [2.45, 2.75) is 70.8 Å². The molecule has 2 rings (SSSR count). The predicted molar refractivity (Wildman–Crippen MR) is 140 cm³/mol. The highest BCUT2D eigenvalue weighted by Crippen LogP contribution is 2.14. The van der Waals surface area contributed by atoms with Crippen LogP contribution in [-0.2, 0) is 25.5 Å². The summed E-state index contributed by atoms with van der Waals surface area (Å²) in [5, 5.41) is 30.8. The third-order valence-corrected chi connectivity index (χ3v) is 6.56. The number of aliphatic hydroxyl groups is 2. The van der Waals surface area contributed by atoms with E-state index >= 15 is 0 Å². The van der Waals surface area contributed by atoms with Gasteiger partial charge in [0.25, 0.3) is 0 Å². The Balaban J connectivity index is 2.14. The lowest BCUT2D eigenvalue weighted by Gasteiger charge is -2.34. The number of hydrogen-bond acceptors (Lipinski definition) is 8. The number of phenols is 1. The summed E-state index contributed by atoms with van der Waals surface area (Å²) in [6, 6.07) is 5.82. The Hall–Kier alpha value is -2.24. The van der Waals surface area contributed by atoms with Crippen molar-refractivity contribution in [1.29, 1.82) is 0 Å². The fraction of sp³-hybridized carbons (Fsp3) is 0.704. The molecular formula is C27H45N3O7. The van der Waals surface area contributed by atoms with Crippen LogP contribution in [0.4, 0.5) is 0 Å². The number of phenolic OH excluding ortho intramolecular Hbond substituents is 1. The summed E-state index contributed by atoms with van der Waals surface area (Å²) in [4.78, 5) is 29.0. The van der Waals surface area contributed by atoms with Crippen LogP contribution in [0.15, 0.2) is 24.3 Å². The van der Waals surface area contributed by atoms with Gasteiger partial charge >= 0.3 is 0 Å². The minimum atomic E-state index is -1.23. The zero-order chi connectivity index (χ0) is 27.4. The van der Waals surface area contributed by atoms with Gasteiger partial charge in [0.15, 0.2) is 0 Å². The van der Waals surface area contributed by atoms with E-state index in [0.29, 0.717) is 44.9 Å². The first-order chi connectivity index (χ1) is 17.6. The Morgan fingerprint density at radius 2 is 1.78 bits per heavy atom. The van der Waals surface area contributed by atoms with Crippen molar-refractivity contribution in [3.63, 3.8) is 0 Å². The molecule has 1 aromatic carbocycles. The van der Waals surface area contributed by atoms with Gasteiger partial charge in [0.1, 0.15) is 24.1 Å². The molecule has 10 heteroatoms. The number of nitrogens with zero attached hydrogens (tertiary/aromatic N) is 2. The zero-order valence-corrected chi connectivity index (χ0v) is 22.4. The van der Waals surface area contributed by atoms with E-state index in [1.807, 2.05) is 0 Å². The van der Waals surface area contributed by atoms with Crippen molar-refractivity contribution in [3.05, 3.63) is 29.8 Å². The molecule has 0 unspecified atom stereocenters. The van der Waals surface area contributed by atoms with E-state index in [1.54, 1.807) is 29.2 Å². The molecule has 2 amide bonds. The summed E-state index contributed by atoms with van der Waals surface area (Å²) < 4.78 is 11.5. The van der Waals surface area contributed by atoms with Crippen LogP contribution in [0.5, 0.6) is 5.75 Å². The average molecular weight is 524 g/mol. The number of amides is 2. The highest BCUT2D eigenvalue weighted by atomic mass is 16.5. The van der Waals surface area contributed by atoms with Gasteiger partial charge in [0.05, 0.1) is 12.6 Å². The molecule has 1 fully saturated rings.